The lowest BCUT2D eigenvalue weighted by atomic mass is 10.0. The number of aliphatic hydroxyl groups excluding tert-OH is 1. The third-order valence-electron chi connectivity index (χ3n) is 7.88. The van der Waals surface area contributed by atoms with Crippen LogP contribution in [0.3, 0.4) is 0 Å². The number of likely N-dealkylation sites (tertiary alicyclic amines) is 1. The highest BCUT2D eigenvalue weighted by atomic mass is 16.3. The average molecular weight is 555 g/mol. The van der Waals surface area contributed by atoms with E-state index in [4.69, 9.17) is 0 Å². The molecule has 0 unspecified atom stereocenters. The van der Waals surface area contributed by atoms with Crippen LogP contribution < -0.4 is 10.9 Å². The monoisotopic (exact) mass is 554 g/mol. The minimum absolute atomic E-state index is 0.0179. The highest BCUT2D eigenvalue weighted by Gasteiger charge is 2.22. The van der Waals surface area contributed by atoms with Crippen molar-refractivity contribution in [3.05, 3.63) is 112 Å². The Kier molecular flexibility index (Phi) is 9.46. The second kappa shape index (κ2) is 13.6. The SMILES string of the molecule is O=C(CCN1CCC(NC[C@@H](O)c2ccc(O)c3[nH]c(=O)ccc23)CC1)N(Cc1ccccc1)Cc1ccccc1. The first-order valence-corrected chi connectivity index (χ1v) is 14.3. The average Bonchev–Trinajstić information content (AvgIpc) is 3.00. The van der Waals surface area contributed by atoms with Gasteiger partial charge in [0.05, 0.1) is 11.6 Å². The number of amides is 1. The van der Waals surface area contributed by atoms with E-state index in [1.165, 1.54) is 12.1 Å². The van der Waals surface area contributed by atoms with E-state index in [2.05, 4.69) is 39.5 Å². The molecule has 1 atom stereocenters. The van der Waals surface area contributed by atoms with Crippen LogP contribution in [0.2, 0.25) is 0 Å². The van der Waals surface area contributed by atoms with E-state index in [0.29, 0.717) is 42.5 Å². The highest BCUT2D eigenvalue weighted by Crippen LogP contribution is 2.28. The van der Waals surface area contributed by atoms with Crippen LogP contribution in [0.15, 0.2) is 89.7 Å². The maximum atomic E-state index is 13.3. The number of phenols is 1. The Hall–Kier alpha value is -3.98. The number of pyridine rings is 1. The molecule has 1 amide bonds. The zero-order valence-corrected chi connectivity index (χ0v) is 23.2. The van der Waals surface area contributed by atoms with Gasteiger partial charge >= 0.3 is 0 Å². The number of fused-ring (bicyclic) bond motifs is 1. The van der Waals surface area contributed by atoms with Crippen molar-refractivity contribution in [3.63, 3.8) is 0 Å². The molecule has 1 aliphatic rings. The summed E-state index contributed by atoms with van der Waals surface area (Å²) < 4.78 is 0. The number of aromatic nitrogens is 1. The highest BCUT2D eigenvalue weighted by molar-refractivity contribution is 5.87. The first-order valence-electron chi connectivity index (χ1n) is 14.3. The summed E-state index contributed by atoms with van der Waals surface area (Å²) in [4.78, 5) is 31.9. The molecule has 0 aliphatic carbocycles. The molecule has 4 aromatic rings. The second-order valence-corrected chi connectivity index (χ2v) is 10.8. The van der Waals surface area contributed by atoms with Gasteiger partial charge in [0.2, 0.25) is 11.5 Å². The lowest BCUT2D eigenvalue weighted by molar-refractivity contribution is -0.132. The molecule has 4 N–H and O–H groups in total. The number of aliphatic hydroxyl groups is 1. The molecule has 8 nitrogen and oxygen atoms in total. The van der Waals surface area contributed by atoms with Gasteiger partial charge in [-0.05, 0) is 54.8 Å². The molecule has 1 saturated heterocycles. The third-order valence-corrected chi connectivity index (χ3v) is 7.88. The van der Waals surface area contributed by atoms with Gasteiger partial charge < -0.3 is 30.3 Å². The predicted molar refractivity (Wildman–Crippen MR) is 160 cm³/mol. The van der Waals surface area contributed by atoms with Crippen LogP contribution in [0, 0.1) is 0 Å². The van der Waals surface area contributed by atoms with Crippen LogP contribution >= 0.6 is 0 Å². The number of carbonyl (C=O) groups excluding carboxylic acids is 1. The number of nitrogens with one attached hydrogen (secondary N) is 2. The van der Waals surface area contributed by atoms with Crippen molar-refractivity contribution in [1.82, 2.24) is 20.1 Å². The molecule has 214 valence electrons. The molecule has 0 bridgehead atoms. The van der Waals surface area contributed by atoms with E-state index in [1.807, 2.05) is 41.3 Å². The summed E-state index contributed by atoms with van der Waals surface area (Å²) in [7, 11) is 0. The predicted octanol–water partition coefficient (Wildman–Crippen LogP) is 3.94. The van der Waals surface area contributed by atoms with Gasteiger partial charge in [0, 0.05) is 50.1 Å². The normalized spacial score (nSPS) is 15.1. The summed E-state index contributed by atoms with van der Waals surface area (Å²) in [6, 6.07) is 26.7. The Morgan fingerprint density at radius 1 is 0.927 bits per heavy atom. The molecular weight excluding hydrogens is 516 g/mol. The lowest BCUT2D eigenvalue weighted by Crippen LogP contribution is -2.44. The van der Waals surface area contributed by atoms with Gasteiger partial charge in [0.15, 0.2) is 0 Å². The number of benzene rings is 3. The molecule has 5 rings (SSSR count). The summed E-state index contributed by atoms with van der Waals surface area (Å²) >= 11 is 0. The number of piperidine rings is 1. The number of hydrogen-bond acceptors (Lipinski definition) is 6. The number of aromatic amines is 1. The molecule has 41 heavy (non-hydrogen) atoms. The molecule has 0 spiro atoms. The molecule has 1 aliphatic heterocycles. The van der Waals surface area contributed by atoms with E-state index in [-0.39, 0.29) is 23.3 Å². The Bertz CT molecular complexity index is 1440. The molecule has 2 heterocycles. The van der Waals surface area contributed by atoms with Crippen LogP contribution in [0.25, 0.3) is 10.9 Å². The standard InChI is InChI=1S/C33H38N4O4/c38-29-13-11-27(28-12-14-31(40)35-33(28)29)30(39)21-34-26-15-18-36(19-16-26)20-17-32(41)37(22-24-7-3-1-4-8-24)23-25-9-5-2-6-10-25/h1-14,26,30,34,38-39H,15-23H2,(H,35,40)/t30-/m1/s1. The maximum absolute atomic E-state index is 13.3. The molecule has 0 saturated carbocycles. The Morgan fingerprint density at radius 2 is 1.56 bits per heavy atom. The van der Waals surface area contributed by atoms with Gasteiger partial charge in [0.1, 0.15) is 5.75 Å². The van der Waals surface area contributed by atoms with Gasteiger partial charge in [0.25, 0.3) is 0 Å². The summed E-state index contributed by atoms with van der Waals surface area (Å²) in [6.45, 7) is 4.07. The second-order valence-electron chi connectivity index (χ2n) is 10.8. The number of carbonyl (C=O) groups is 1. The number of hydrogen-bond donors (Lipinski definition) is 4. The number of nitrogens with zero attached hydrogens (tertiary/aromatic N) is 2. The molecule has 0 radical (unpaired) electrons. The fourth-order valence-electron chi connectivity index (χ4n) is 5.55. The Morgan fingerprint density at radius 3 is 2.20 bits per heavy atom. The van der Waals surface area contributed by atoms with E-state index < -0.39 is 6.10 Å². The van der Waals surface area contributed by atoms with Crippen LogP contribution in [0.5, 0.6) is 5.75 Å². The number of H-pyrrole nitrogens is 1. The van der Waals surface area contributed by atoms with E-state index in [0.717, 1.165) is 43.6 Å². The fourth-order valence-corrected chi connectivity index (χ4v) is 5.55. The van der Waals surface area contributed by atoms with Crippen LogP contribution in [-0.2, 0) is 17.9 Å². The fraction of sp³-hybridized carbons (Fsp3) is 0.333. The summed E-state index contributed by atoms with van der Waals surface area (Å²) in [5.41, 5.74) is 2.95. The molecule has 3 aromatic carbocycles. The van der Waals surface area contributed by atoms with Gasteiger partial charge in [-0.25, -0.2) is 0 Å². The van der Waals surface area contributed by atoms with E-state index in [1.54, 1.807) is 12.1 Å². The lowest BCUT2D eigenvalue weighted by Gasteiger charge is -2.33. The Balaban J connectivity index is 1.10. The van der Waals surface area contributed by atoms with Gasteiger partial charge in [-0.2, -0.15) is 0 Å². The van der Waals surface area contributed by atoms with Crippen LogP contribution in [0.1, 0.15) is 42.1 Å². The third kappa shape index (κ3) is 7.61. The van der Waals surface area contributed by atoms with Crippen LogP contribution in [-0.4, -0.2) is 63.1 Å². The molecule has 8 heteroatoms. The minimum atomic E-state index is -0.778. The first kappa shape index (κ1) is 28.5. The van der Waals surface area contributed by atoms with Crippen molar-refractivity contribution in [3.8, 4) is 5.75 Å². The van der Waals surface area contributed by atoms with Crippen molar-refractivity contribution < 1.29 is 15.0 Å². The van der Waals surface area contributed by atoms with Crippen LogP contribution in [0.4, 0.5) is 0 Å². The van der Waals surface area contributed by atoms with Crippen molar-refractivity contribution >= 4 is 16.8 Å². The van der Waals surface area contributed by atoms with E-state index >= 15 is 0 Å². The van der Waals surface area contributed by atoms with Gasteiger partial charge in [-0.3, -0.25) is 9.59 Å². The number of rotatable bonds is 11. The summed E-state index contributed by atoms with van der Waals surface area (Å²) in [5.74, 6) is 0.138. The Labute approximate surface area is 240 Å². The molecular formula is C33H38N4O4. The number of phenolic OH excluding ortho intramolecular Hbond substituents is 1. The van der Waals surface area contributed by atoms with E-state index in [9.17, 15) is 19.8 Å². The number of aromatic hydroxyl groups is 1. The van der Waals surface area contributed by atoms with Crippen molar-refractivity contribution in [1.29, 1.82) is 0 Å². The molecule has 1 aromatic heterocycles. The van der Waals surface area contributed by atoms with Gasteiger partial charge in [-0.15, -0.1) is 0 Å². The zero-order chi connectivity index (χ0) is 28.6. The van der Waals surface area contributed by atoms with Crippen molar-refractivity contribution in [2.75, 3.05) is 26.2 Å². The quantitative estimate of drug-likeness (QED) is 0.224. The molecule has 1 fully saturated rings. The first-order chi connectivity index (χ1) is 20.0. The maximum Gasteiger partial charge on any atom is 0.248 e. The van der Waals surface area contributed by atoms with Crippen molar-refractivity contribution in [2.45, 2.75) is 44.5 Å². The van der Waals surface area contributed by atoms with Gasteiger partial charge in [-0.1, -0.05) is 66.7 Å². The minimum Gasteiger partial charge on any atom is -0.506 e. The smallest absolute Gasteiger partial charge is 0.248 e. The largest absolute Gasteiger partial charge is 0.506 e. The van der Waals surface area contributed by atoms with Crippen molar-refractivity contribution in [2.24, 2.45) is 0 Å². The summed E-state index contributed by atoms with van der Waals surface area (Å²) in [5, 5.41) is 25.1. The zero-order valence-electron chi connectivity index (χ0n) is 23.2. The summed E-state index contributed by atoms with van der Waals surface area (Å²) in [6.07, 6.45) is 1.57. The topological polar surface area (TPSA) is 109 Å².